The molecule has 5 heteroatoms. The second-order valence-electron chi connectivity index (χ2n) is 7.26. The van der Waals surface area contributed by atoms with Crippen molar-refractivity contribution in [1.82, 2.24) is 9.88 Å². The molecule has 1 aromatic carbocycles. The van der Waals surface area contributed by atoms with Crippen molar-refractivity contribution in [3.05, 3.63) is 30.5 Å². The molecule has 5 nitrogen and oxygen atoms in total. The third-order valence-corrected chi connectivity index (χ3v) is 5.69. The number of hydrogen-bond donors (Lipinski definition) is 2. The molecule has 0 bridgehead atoms. The zero-order chi connectivity index (χ0) is 17.2. The van der Waals surface area contributed by atoms with Crippen LogP contribution in [0.3, 0.4) is 0 Å². The van der Waals surface area contributed by atoms with Crippen LogP contribution in [0.4, 0.5) is 5.69 Å². The second-order valence-corrected chi connectivity index (χ2v) is 7.26. The number of rotatable bonds is 3. The fourth-order valence-electron chi connectivity index (χ4n) is 4.33. The van der Waals surface area contributed by atoms with Crippen molar-refractivity contribution in [3.63, 3.8) is 0 Å². The van der Waals surface area contributed by atoms with Crippen molar-refractivity contribution < 1.29 is 9.59 Å². The van der Waals surface area contributed by atoms with Gasteiger partial charge in [-0.15, -0.1) is 0 Å². The van der Waals surface area contributed by atoms with Gasteiger partial charge in [0.15, 0.2) is 0 Å². The summed E-state index contributed by atoms with van der Waals surface area (Å²) >= 11 is 0. The van der Waals surface area contributed by atoms with Crippen LogP contribution in [0.15, 0.2) is 30.5 Å². The monoisotopic (exact) mass is 339 g/mol. The SMILES string of the molecule is O=C(Nc1cccc2[nH]ccc12)[C@H]1CCCC[C@H]1C(=O)N1CCCC1. The molecule has 1 aliphatic carbocycles. The topological polar surface area (TPSA) is 65.2 Å². The Morgan fingerprint density at radius 3 is 2.56 bits per heavy atom. The van der Waals surface area contributed by atoms with Gasteiger partial charge in [0.1, 0.15) is 0 Å². The maximum absolute atomic E-state index is 13.0. The minimum Gasteiger partial charge on any atom is -0.361 e. The van der Waals surface area contributed by atoms with Gasteiger partial charge in [-0.1, -0.05) is 18.9 Å². The molecule has 2 aliphatic rings. The Morgan fingerprint density at radius 1 is 1.00 bits per heavy atom. The molecule has 25 heavy (non-hydrogen) atoms. The van der Waals surface area contributed by atoms with Crippen molar-refractivity contribution in [1.29, 1.82) is 0 Å². The van der Waals surface area contributed by atoms with Crippen molar-refractivity contribution in [3.8, 4) is 0 Å². The summed E-state index contributed by atoms with van der Waals surface area (Å²) in [6.45, 7) is 1.71. The fraction of sp³-hybridized carbons (Fsp3) is 0.500. The highest BCUT2D eigenvalue weighted by molar-refractivity contribution is 6.03. The Balaban J connectivity index is 1.52. The zero-order valence-electron chi connectivity index (χ0n) is 14.5. The van der Waals surface area contributed by atoms with Gasteiger partial charge < -0.3 is 15.2 Å². The number of carbonyl (C=O) groups is 2. The molecule has 0 unspecified atom stereocenters. The molecule has 132 valence electrons. The predicted octanol–water partition coefficient (Wildman–Crippen LogP) is 3.54. The van der Waals surface area contributed by atoms with Crippen LogP contribution < -0.4 is 5.32 Å². The van der Waals surface area contributed by atoms with Crippen molar-refractivity contribution in [2.24, 2.45) is 11.8 Å². The number of aromatic amines is 1. The quantitative estimate of drug-likeness (QED) is 0.898. The lowest BCUT2D eigenvalue weighted by atomic mass is 9.77. The highest BCUT2D eigenvalue weighted by atomic mass is 16.2. The van der Waals surface area contributed by atoms with Crippen LogP contribution in [0.2, 0.25) is 0 Å². The summed E-state index contributed by atoms with van der Waals surface area (Å²) in [4.78, 5) is 31.0. The van der Waals surface area contributed by atoms with Gasteiger partial charge in [0.2, 0.25) is 11.8 Å². The molecule has 1 aromatic heterocycles. The number of fused-ring (bicyclic) bond motifs is 1. The van der Waals surface area contributed by atoms with Gasteiger partial charge in [0.05, 0.1) is 5.69 Å². The van der Waals surface area contributed by atoms with Gasteiger partial charge in [-0.25, -0.2) is 0 Å². The van der Waals surface area contributed by atoms with E-state index in [9.17, 15) is 9.59 Å². The van der Waals surface area contributed by atoms with Gasteiger partial charge in [-0.05, 0) is 43.9 Å². The minimum atomic E-state index is -0.212. The number of benzene rings is 1. The molecule has 4 rings (SSSR count). The lowest BCUT2D eigenvalue weighted by Gasteiger charge is -2.32. The molecule has 0 radical (unpaired) electrons. The lowest BCUT2D eigenvalue weighted by Crippen LogP contribution is -2.42. The van der Waals surface area contributed by atoms with Crippen molar-refractivity contribution in [2.75, 3.05) is 18.4 Å². The summed E-state index contributed by atoms with van der Waals surface area (Å²) in [5.74, 6) is -0.184. The van der Waals surface area contributed by atoms with Crippen LogP contribution in [0.5, 0.6) is 0 Å². The van der Waals surface area contributed by atoms with Crippen molar-refractivity contribution >= 4 is 28.4 Å². The van der Waals surface area contributed by atoms with E-state index < -0.39 is 0 Å². The van der Waals surface area contributed by atoms with Crippen LogP contribution in [-0.2, 0) is 9.59 Å². The maximum atomic E-state index is 13.0. The molecule has 2 atom stereocenters. The number of anilines is 1. The van der Waals surface area contributed by atoms with E-state index in [1.54, 1.807) is 0 Å². The second kappa shape index (κ2) is 6.90. The predicted molar refractivity (Wildman–Crippen MR) is 98.2 cm³/mol. The molecule has 1 saturated carbocycles. The van der Waals surface area contributed by atoms with Crippen LogP contribution in [-0.4, -0.2) is 34.8 Å². The highest BCUT2D eigenvalue weighted by Gasteiger charge is 2.38. The molecule has 2 amide bonds. The fourth-order valence-corrected chi connectivity index (χ4v) is 4.33. The summed E-state index contributed by atoms with van der Waals surface area (Å²) < 4.78 is 0. The molecular weight excluding hydrogens is 314 g/mol. The number of hydrogen-bond acceptors (Lipinski definition) is 2. The van der Waals surface area contributed by atoms with E-state index in [1.807, 2.05) is 35.4 Å². The summed E-state index contributed by atoms with van der Waals surface area (Å²) in [6, 6.07) is 7.82. The molecule has 2 heterocycles. The van der Waals surface area contributed by atoms with E-state index in [0.29, 0.717) is 0 Å². The number of nitrogens with one attached hydrogen (secondary N) is 2. The first-order valence-electron chi connectivity index (χ1n) is 9.40. The smallest absolute Gasteiger partial charge is 0.228 e. The molecule has 1 aliphatic heterocycles. The summed E-state index contributed by atoms with van der Waals surface area (Å²) in [6.07, 6.45) is 7.76. The number of nitrogens with zero attached hydrogens (tertiary/aromatic N) is 1. The van der Waals surface area contributed by atoms with E-state index in [1.165, 1.54) is 0 Å². The van der Waals surface area contributed by atoms with Crippen LogP contribution in [0.25, 0.3) is 10.9 Å². The van der Waals surface area contributed by atoms with E-state index in [4.69, 9.17) is 0 Å². The van der Waals surface area contributed by atoms with Gasteiger partial charge in [0, 0.05) is 42.0 Å². The van der Waals surface area contributed by atoms with Gasteiger partial charge >= 0.3 is 0 Å². The van der Waals surface area contributed by atoms with E-state index >= 15 is 0 Å². The number of carbonyl (C=O) groups excluding carboxylic acids is 2. The average molecular weight is 339 g/mol. The van der Waals surface area contributed by atoms with Crippen LogP contribution in [0, 0.1) is 11.8 Å². The maximum Gasteiger partial charge on any atom is 0.228 e. The van der Waals surface area contributed by atoms with Gasteiger partial charge in [0.25, 0.3) is 0 Å². The summed E-state index contributed by atoms with van der Waals surface area (Å²) in [5.41, 5.74) is 1.83. The van der Waals surface area contributed by atoms with Gasteiger partial charge in [-0.2, -0.15) is 0 Å². The van der Waals surface area contributed by atoms with Crippen LogP contribution >= 0.6 is 0 Å². The Hall–Kier alpha value is -2.30. The van der Waals surface area contributed by atoms with E-state index in [2.05, 4.69) is 10.3 Å². The van der Waals surface area contributed by atoms with Crippen molar-refractivity contribution in [2.45, 2.75) is 38.5 Å². The molecule has 0 spiro atoms. The van der Waals surface area contributed by atoms with E-state index in [0.717, 1.165) is 68.2 Å². The number of aromatic nitrogens is 1. The standard InChI is InChI=1S/C20H25N3O2/c24-19(22-18-9-5-8-17-16(18)10-11-21-17)14-6-1-2-7-15(14)20(25)23-12-3-4-13-23/h5,8-11,14-15,21H,1-4,6-7,12-13H2,(H,22,24)/t14-,15+/m0/s1. The third kappa shape index (κ3) is 3.15. The molecule has 2 fully saturated rings. The molecule has 1 saturated heterocycles. The first-order chi connectivity index (χ1) is 12.2. The Kier molecular flexibility index (Phi) is 4.47. The normalized spacial score (nSPS) is 23.8. The Bertz CT molecular complexity index is 776. The molecule has 2 aromatic rings. The van der Waals surface area contributed by atoms with E-state index in [-0.39, 0.29) is 23.7 Å². The Morgan fingerprint density at radius 2 is 1.76 bits per heavy atom. The summed E-state index contributed by atoms with van der Waals surface area (Å²) in [7, 11) is 0. The Labute approximate surface area is 147 Å². The van der Waals surface area contributed by atoms with Gasteiger partial charge in [-0.3, -0.25) is 9.59 Å². The lowest BCUT2D eigenvalue weighted by molar-refractivity contribution is -0.141. The minimum absolute atomic E-state index is 0.00838. The third-order valence-electron chi connectivity index (χ3n) is 5.69. The highest BCUT2D eigenvalue weighted by Crippen LogP contribution is 2.34. The zero-order valence-corrected chi connectivity index (χ0v) is 14.5. The number of amides is 2. The largest absolute Gasteiger partial charge is 0.361 e. The summed E-state index contributed by atoms with van der Waals surface area (Å²) in [5, 5.41) is 4.09. The first-order valence-corrected chi connectivity index (χ1v) is 9.40. The molecular formula is C20H25N3O2. The van der Waals surface area contributed by atoms with Crippen LogP contribution in [0.1, 0.15) is 38.5 Å². The average Bonchev–Trinajstić information content (AvgIpc) is 3.33. The number of H-pyrrole nitrogens is 1. The first kappa shape index (κ1) is 16.2. The number of likely N-dealkylation sites (tertiary alicyclic amines) is 1. The molecule has 2 N–H and O–H groups in total.